The number of hydrogen-bond acceptors (Lipinski definition) is 3. The number of nitrogens with zero attached hydrogens (tertiary/aromatic N) is 1. The first kappa shape index (κ1) is 12.9. The topological polar surface area (TPSA) is 51.2 Å². The van der Waals surface area contributed by atoms with Gasteiger partial charge in [-0.1, -0.05) is 35.9 Å². The summed E-state index contributed by atoms with van der Waals surface area (Å²) in [6.07, 6.45) is 0.656. The highest BCUT2D eigenvalue weighted by Crippen LogP contribution is 2.33. The minimum atomic E-state index is -0.222. The molecule has 1 aromatic carbocycles. The molecule has 4 nitrogen and oxygen atoms in total. The molecule has 1 atom stereocenters. The molecule has 1 aromatic heterocycles. The highest BCUT2D eigenvalue weighted by molar-refractivity contribution is 6.29. The standard InChI is InChI=1S/C15H13ClN2O2/c16-13-6-3-7-14(17-13)18-15(19)11-8-9-20-12-5-2-1-4-10(11)12/h1-7,11H,8-9H2,(H,17,18,19). The Morgan fingerprint density at radius 1 is 1.25 bits per heavy atom. The van der Waals surface area contributed by atoms with Gasteiger partial charge < -0.3 is 10.1 Å². The minimum Gasteiger partial charge on any atom is -0.493 e. The lowest BCUT2D eigenvalue weighted by molar-refractivity contribution is -0.118. The maximum absolute atomic E-state index is 12.4. The molecule has 102 valence electrons. The third-order valence-corrected chi connectivity index (χ3v) is 3.45. The quantitative estimate of drug-likeness (QED) is 0.863. The van der Waals surface area contributed by atoms with Crippen LogP contribution in [0.25, 0.3) is 0 Å². The van der Waals surface area contributed by atoms with E-state index in [2.05, 4.69) is 10.3 Å². The summed E-state index contributed by atoms with van der Waals surface area (Å²) in [5.41, 5.74) is 0.915. The van der Waals surface area contributed by atoms with Gasteiger partial charge in [-0.2, -0.15) is 0 Å². The summed E-state index contributed by atoms with van der Waals surface area (Å²) in [6, 6.07) is 12.7. The summed E-state index contributed by atoms with van der Waals surface area (Å²) < 4.78 is 5.56. The second kappa shape index (κ2) is 5.51. The van der Waals surface area contributed by atoms with Gasteiger partial charge in [-0.3, -0.25) is 4.79 Å². The highest BCUT2D eigenvalue weighted by Gasteiger charge is 2.27. The Morgan fingerprint density at radius 2 is 2.10 bits per heavy atom. The van der Waals surface area contributed by atoms with Crippen LogP contribution < -0.4 is 10.1 Å². The van der Waals surface area contributed by atoms with E-state index >= 15 is 0 Å². The van der Waals surface area contributed by atoms with E-state index in [4.69, 9.17) is 16.3 Å². The molecule has 0 radical (unpaired) electrons. The van der Waals surface area contributed by atoms with Crippen molar-refractivity contribution in [3.63, 3.8) is 0 Å². The monoisotopic (exact) mass is 288 g/mol. The van der Waals surface area contributed by atoms with Crippen molar-refractivity contribution in [1.29, 1.82) is 0 Å². The molecule has 0 fully saturated rings. The Labute approximate surface area is 121 Å². The second-order valence-electron chi connectivity index (χ2n) is 4.56. The zero-order valence-electron chi connectivity index (χ0n) is 10.7. The summed E-state index contributed by atoms with van der Waals surface area (Å²) in [5, 5.41) is 3.16. The summed E-state index contributed by atoms with van der Waals surface area (Å²) in [5.74, 6) is 0.931. The summed E-state index contributed by atoms with van der Waals surface area (Å²) in [6.45, 7) is 0.540. The maximum Gasteiger partial charge on any atom is 0.233 e. The van der Waals surface area contributed by atoms with Crippen molar-refractivity contribution < 1.29 is 9.53 Å². The number of ether oxygens (including phenoxy) is 1. The van der Waals surface area contributed by atoms with E-state index in [1.165, 1.54) is 0 Å². The molecular formula is C15H13ClN2O2. The van der Waals surface area contributed by atoms with Crippen molar-refractivity contribution in [2.45, 2.75) is 12.3 Å². The molecule has 3 rings (SSSR count). The first-order chi connectivity index (χ1) is 9.74. The number of hydrogen-bond donors (Lipinski definition) is 1. The Morgan fingerprint density at radius 3 is 2.95 bits per heavy atom. The lowest BCUT2D eigenvalue weighted by Crippen LogP contribution is -2.26. The molecular weight excluding hydrogens is 276 g/mol. The number of fused-ring (bicyclic) bond motifs is 1. The van der Waals surface area contributed by atoms with Crippen LogP contribution in [0.4, 0.5) is 5.82 Å². The fourth-order valence-corrected chi connectivity index (χ4v) is 2.47. The Hall–Kier alpha value is -2.07. The molecule has 2 heterocycles. The predicted molar refractivity (Wildman–Crippen MR) is 77.2 cm³/mol. The number of benzene rings is 1. The molecule has 0 bridgehead atoms. The number of pyridine rings is 1. The average molecular weight is 289 g/mol. The fourth-order valence-electron chi connectivity index (χ4n) is 2.31. The van der Waals surface area contributed by atoms with E-state index in [9.17, 15) is 4.79 Å². The molecule has 1 amide bonds. The smallest absolute Gasteiger partial charge is 0.233 e. The van der Waals surface area contributed by atoms with E-state index in [1.807, 2.05) is 24.3 Å². The largest absolute Gasteiger partial charge is 0.493 e. The van der Waals surface area contributed by atoms with Gasteiger partial charge in [-0.25, -0.2) is 4.98 Å². The molecule has 5 heteroatoms. The summed E-state index contributed by atoms with van der Waals surface area (Å²) in [7, 11) is 0. The molecule has 0 spiro atoms. The number of anilines is 1. The number of carbonyl (C=O) groups excluding carboxylic acids is 1. The number of rotatable bonds is 2. The normalized spacial score (nSPS) is 16.9. The zero-order valence-corrected chi connectivity index (χ0v) is 11.4. The van der Waals surface area contributed by atoms with Crippen molar-refractivity contribution in [2.24, 2.45) is 0 Å². The van der Waals surface area contributed by atoms with Crippen LogP contribution in [0.15, 0.2) is 42.5 Å². The number of carbonyl (C=O) groups is 1. The molecule has 1 N–H and O–H groups in total. The molecule has 0 saturated carbocycles. The number of halogens is 1. The van der Waals surface area contributed by atoms with Crippen molar-refractivity contribution in [1.82, 2.24) is 4.98 Å². The lowest BCUT2D eigenvalue weighted by Gasteiger charge is -2.24. The SMILES string of the molecule is O=C(Nc1cccc(Cl)n1)C1CCOc2ccccc21. The van der Waals surface area contributed by atoms with Gasteiger partial charge in [0.05, 0.1) is 12.5 Å². The lowest BCUT2D eigenvalue weighted by atomic mass is 9.92. The van der Waals surface area contributed by atoms with Crippen LogP contribution in [0, 0.1) is 0 Å². The van der Waals surface area contributed by atoms with E-state index < -0.39 is 0 Å². The van der Waals surface area contributed by atoms with E-state index in [0.717, 1.165) is 11.3 Å². The van der Waals surface area contributed by atoms with Gasteiger partial charge in [-0.15, -0.1) is 0 Å². The Kier molecular flexibility index (Phi) is 3.56. The van der Waals surface area contributed by atoms with Crippen LogP contribution in [0.1, 0.15) is 17.9 Å². The van der Waals surface area contributed by atoms with Crippen LogP contribution in [-0.4, -0.2) is 17.5 Å². The second-order valence-corrected chi connectivity index (χ2v) is 4.95. The van der Waals surface area contributed by atoms with Crippen molar-refractivity contribution in [3.05, 3.63) is 53.2 Å². The summed E-state index contributed by atoms with van der Waals surface area (Å²) in [4.78, 5) is 16.5. The minimum absolute atomic E-state index is 0.0875. The van der Waals surface area contributed by atoms with Crippen LogP contribution in [0.3, 0.4) is 0 Å². The first-order valence-electron chi connectivity index (χ1n) is 6.39. The van der Waals surface area contributed by atoms with Crippen molar-refractivity contribution in [3.8, 4) is 5.75 Å². The van der Waals surface area contributed by atoms with Gasteiger partial charge in [0.1, 0.15) is 16.7 Å². The van der Waals surface area contributed by atoms with Crippen LogP contribution >= 0.6 is 11.6 Å². The zero-order chi connectivity index (χ0) is 13.9. The van der Waals surface area contributed by atoms with Gasteiger partial charge >= 0.3 is 0 Å². The fraction of sp³-hybridized carbons (Fsp3) is 0.200. The third-order valence-electron chi connectivity index (χ3n) is 3.24. The molecule has 0 aliphatic carbocycles. The van der Waals surface area contributed by atoms with Crippen LogP contribution in [-0.2, 0) is 4.79 Å². The van der Waals surface area contributed by atoms with Gasteiger partial charge in [0.15, 0.2) is 0 Å². The molecule has 0 saturated heterocycles. The van der Waals surface area contributed by atoms with Gasteiger partial charge in [0, 0.05) is 5.56 Å². The van der Waals surface area contributed by atoms with E-state index in [0.29, 0.717) is 24.0 Å². The Balaban J connectivity index is 1.82. The molecule has 2 aromatic rings. The summed E-state index contributed by atoms with van der Waals surface area (Å²) >= 11 is 5.81. The highest BCUT2D eigenvalue weighted by atomic mass is 35.5. The first-order valence-corrected chi connectivity index (χ1v) is 6.77. The van der Waals surface area contributed by atoms with Gasteiger partial charge in [0.25, 0.3) is 0 Å². The molecule has 1 unspecified atom stereocenters. The number of para-hydroxylation sites is 1. The third kappa shape index (κ3) is 2.60. The maximum atomic E-state index is 12.4. The van der Waals surface area contributed by atoms with Crippen molar-refractivity contribution in [2.75, 3.05) is 11.9 Å². The van der Waals surface area contributed by atoms with E-state index in [-0.39, 0.29) is 11.8 Å². The number of aromatic nitrogens is 1. The molecule has 1 aliphatic rings. The van der Waals surface area contributed by atoms with Crippen LogP contribution in [0.5, 0.6) is 5.75 Å². The van der Waals surface area contributed by atoms with Gasteiger partial charge in [0.2, 0.25) is 5.91 Å². The van der Waals surface area contributed by atoms with Gasteiger partial charge in [-0.05, 0) is 24.6 Å². The average Bonchev–Trinajstić information content (AvgIpc) is 2.46. The van der Waals surface area contributed by atoms with Crippen LogP contribution in [0.2, 0.25) is 5.15 Å². The number of nitrogens with one attached hydrogen (secondary N) is 1. The van der Waals surface area contributed by atoms with E-state index in [1.54, 1.807) is 18.2 Å². The Bertz CT molecular complexity index is 645. The van der Waals surface area contributed by atoms with Crippen molar-refractivity contribution >= 4 is 23.3 Å². The molecule has 20 heavy (non-hydrogen) atoms. The molecule has 1 aliphatic heterocycles. The predicted octanol–water partition coefficient (Wildman–Crippen LogP) is 3.24. The number of amides is 1.